The van der Waals surface area contributed by atoms with Crippen LogP contribution >= 0.6 is 0 Å². The number of ether oxygens (including phenoxy) is 1. The van der Waals surface area contributed by atoms with Crippen molar-refractivity contribution in [1.29, 1.82) is 0 Å². The Morgan fingerprint density at radius 3 is 2.75 bits per heavy atom. The van der Waals surface area contributed by atoms with Crippen LogP contribution in [0.3, 0.4) is 0 Å². The van der Waals surface area contributed by atoms with Gasteiger partial charge in [0.05, 0.1) is 5.75 Å². The molecule has 0 fully saturated rings. The number of carbonyl (C=O) groups is 1. The molecule has 0 saturated carbocycles. The Morgan fingerprint density at radius 1 is 1.50 bits per heavy atom. The van der Waals surface area contributed by atoms with Crippen molar-refractivity contribution in [1.82, 2.24) is 0 Å². The van der Waals surface area contributed by atoms with E-state index in [1.807, 2.05) is 0 Å². The van der Waals surface area contributed by atoms with E-state index in [0.29, 0.717) is 0 Å². The van der Waals surface area contributed by atoms with Crippen molar-refractivity contribution in [3.8, 4) is 5.75 Å². The van der Waals surface area contributed by atoms with E-state index in [9.17, 15) is 14.1 Å². The number of aryl methyl sites for hydroxylation is 1. The molecule has 0 aromatic heterocycles. The summed E-state index contributed by atoms with van der Waals surface area (Å²) in [6, 6.07) is 4.56. The standard InChI is InChI=1S/C10H12O5S/c1-7-2-3-8(9(11)6-7)10(12)15-4-5-16(13)14/h2-3,6,11H,4-5H2,1H3,(H,13,14). The van der Waals surface area contributed by atoms with Crippen LogP contribution in [0, 0.1) is 6.92 Å². The van der Waals surface area contributed by atoms with Crippen molar-refractivity contribution in [2.45, 2.75) is 6.92 Å². The van der Waals surface area contributed by atoms with Crippen molar-refractivity contribution in [3.63, 3.8) is 0 Å². The van der Waals surface area contributed by atoms with E-state index in [1.165, 1.54) is 12.1 Å². The summed E-state index contributed by atoms with van der Waals surface area (Å²) in [5.74, 6) is -1.00. The van der Waals surface area contributed by atoms with Crippen LogP contribution in [0.2, 0.25) is 0 Å². The summed E-state index contributed by atoms with van der Waals surface area (Å²) < 4.78 is 23.5. The second kappa shape index (κ2) is 5.62. The Bertz CT molecular complexity index is 416. The molecule has 2 N–H and O–H groups in total. The fourth-order valence-electron chi connectivity index (χ4n) is 1.10. The average molecular weight is 244 g/mol. The molecule has 0 aliphatic rings. The first-order valence-electron chi connectivity index (χ1n) is 4.55. The van der Waals surface area contributed by atoms with E-state index in [0.717, 1.165) is 5.56 Å². The zero-order valence-electron chi connectivity index (χ0n) is 8.67. The largest absolute Gasteiger partial charge is 0.507 e. The summed E-state index contributed by atoms with van der Waals surface area (Å²) in [4.78, 5) is 11.4. The van der Waals surface area contributed by atoms with Crippen LogP contribution < -0.4 is 0 Å². The van der Waals surface area contributed by atoms with Crippen molar-refractivity contribution < 1.29 is 23.4 Å². The quantitative estimate of drug-likeness (QED) is 0.611. The molecule has 0 bridgehead atoms. The first-order chi connectivity index (χ1) is 7.50. The third-order valence-electron chi connectivity index (χ3n) is 1.86. The molecule has 5 nitrogen and oxygen atoms in total. The molecule has 0 spiro atoms. The Morgan fingerprint density at radius 2 is 2.19 bits per heavy atom. The van der Waals surface area contributed by atoms with Gasteiger partial charge in [0.25, 0.3) is 0 Å². The van der Waals surface area contributed by atoms with E-state index in [4.69, 9.17) is 9.29 Å². The minimum absolute atomic E-state index is 0.0503. The Balaban J connectivity index is 2.63. The lowest BCUT2D eigenvalue weighted by Crippen LogP contribution is -2.11. The number of esters is 1. The molecule has 0 radical (unpaired) electrons. The second-order valence-corrected chi connectivity index (χ2v) is 4.23. The fourth-order valence-corrected chi connectivity index (χ4v) is 1.32. The smallest absolute Gasteiger partial charge is 0.341 e. The van der Waals surface area contributed by atoms with Gasteiger partial charge in [-0.3, -0.25) is 0 Å². The van der Waals surface area contributed by atoms with Gasteiger partial charge in [-0.05, 0) is 24.6 Å². The Labute approximate surface area is 95.3 Å². The predicted molar refractivity (Wildman–Crippen MR) is 58.8 cm³/mol. The van der Waals surface area contributed by atoms with Gasteiger partial charge in [0.1, 0.15) is 17.9 Å². The van der Waals surface area contributed by atoms with E-state index < -0.39 is 17.0 Å². The highest BCUT2D eigenvalue weighted by Crippen LogP contribution is 2.19. The zero-order chi connectivity index (χ0) is 12.1. The highest BCUT2D eigenvalue weighted by Gasteiger charge is 2.12. The third kappa shape index (κ3) is 3.63. The van der Waals surface area contributed by atoms with Crippen LogP contribution in [0.1, 0.15) is 15.9 Å². The molecule has 88 valence electrons. The van der Waals surface area contributed by atoms with E-state index >= 15 is 0 Å². The number of hydrogen-bond donors (Lipinski definition) is 2. The molecular weight excluding hydrogens is 232 g/mol. The Kier molecular flexibility index (Phi) is 4.45. The van der Waals surface area contributed by atoms with Gasteiger partial charge >= 0.3 is 5.97 Å². The third-order valence-corrected chi connectivity index (χ3v) is 2.38. The minimum Gasteiger partial charge on any atom is -0.507 e. The van der Waals surface area contributed by atoms with Gasteiger partial charge in [-0.1, -0.05) is 6.07 Å². The summed E-state index contributed by atoms with van der Waals surface area (Å²) in [5.41, 5.74) is 0.875. The molecule has 1 aromatic carbocycles. The van der Waals surface area contributed by atoms with Gasteiger partial charge in [-0.2, -0.15) is 0 Å². The van der Waals surface area contributed by atoms with Crippen LogP contribution in [0.25, 0.3) is 0 Å². The molecule has 0 aliphatic carbocycles. The number of rotatable bonds is 4. The molecule has 1 unspecified atom stereocenters. The summed E-state index contributed by atoms with van der Waals surface area (Å²) in [7, 11) is 0. The van der Waals surface area contributed by atoms with Gasteiger partial charge in [0.15, 0.2) is 11.1 Å². The van der Waals surface area contributed by atoms with Gasteiger partial charge in [-0.25, -0.2) is 9.00 Å². The summed E-state index contributed by atoms with van der Waals surface area (Å²) >= 11 is -1.99. The van der Waals surface area contributed by atoms with Crippen molar-refractivity contribution in [2.75, 3.05) is 12.4 Å². The average Bonchev–Trinajstić information content (AvgIpc) is 2.16. The number of phenols is 1. The van der Waals surface area contributed by atoms with Crippen molar-refractivity contribution in [3.05, 3.63) is 29.3 Å². The molecular formula is C10H12O5S. The maximum atomic E-state index is 11.4. The minimum atomic E-state index is -1.99. The summed E-state index contributed by atoms with van der Waals surface area (Å²) in [6.07, 6.45) is 0. The summed E-state index contributed by atoms with van der Waals surface area (Å²) in [5, 5.41) is 9.46. The predicted octanol–water partition coefficient (Wildman–Crippen LogP) is 1.08. The number of aromatic hydroxyl groups is 1. The number of phenolic OH excluding ortho intramolecular Hbond substituents is 1. The molecule has 1 aromatic rings. The lowest BCUT2D eigenvalue weighted by molar-refractivity contribution is 0.0526. The van der Waals surface area contributed by atoms with Crippen LogP contribution in [-0.4, -0.2) is 32.2 Å². The van der Waals surface area contributed by atoms with Gasteiger partial charge in [0.2, 0.25) is 0 Å². The Hall–Kier alpha value is -1.40. The van der Waals surface area contributed by atoms with Crippen LogP contribution in [-0.2, 0) is 15.8 Å². The molecule has 1 rings (SSSR count). The van der Waals surface area contributed by atoms with Crippen LogP contribution in [0.5, 0.6) is 5.75 Å². The van der Waals surface area contributed by atoms with Gasteiger partial charge in [0, 0.05) is 0 Å². The molecule has 0 saturated heterocycles. The number of carbonyl (C=O) groups excluding carboxylic acids is 1. The highest BCUT2D eigenvalue weighted by atomic mass is 32.2. The number of hydrogen-bond acceptors (Lipinski definition) is 4. The maximum Gasteiger partial charge on any atom is 0.341 e. The lowest BCUT2D eigenvalue weighted by atomic mass is 10.1. The second-order valence-electron chi connectivity index (χ2n) is 3.18. The normalized spacial score (nSPS) is 12.1. The molecule has 16 heavy (non-hydrogen) atoms. The van der Waals surface area contributed by atoms with Gasteiger partial charge in [-0.15, -0.1) is 0 Å². The highest BCUT2D eigenvalue weighted by molar-refractivity contribution is 7.79. The maximum absolute atomic E-state index is 11.4. The van der Waals surface area contributed by atoms with Crippen molar-refractivity contribution >= 4 is 17.0 Å². The van der Waals surface area contributed by atoms with E-state index in [-0.39, 0.29) is 23.7 Å². The molecule has 6 heteroatoms. The first kappa shape index (κ1) is 12.7. The van der Waals surface area contributed by atoms with Crippen LogP contribution in [0.15, 0.2) is 18.2 Å². The molecule has 0 aliphatic heterocycles. The molecule has 0 heterocycles. The van der Waals surface area contributed by atoms with Crippen LogP contribution in [0.4, 0.5) is 0 Å². The van der Waals surface area contributed by atoms with E-state index in [1.54, 1.807) is 13.0 Å². The van der Waals surface area contributed by atoms with Crippen molar-refractivity contribution in [2.24, 2.45) is 0 Å². The monoisotopic (exact) mass is 244 g/mol. The first-order valence-corrected chi connectivity index (χ1v) is 5.82. The molecule has 0 amide bonds. The lowest BCUT2D eigenvalue weighted by Gasteiger charge is -2.05. The van der Waals surface area contributed by atoms with E-state index in [2.05, 4.69) is 0 Å². The summed E-state index contributed by atoms with van der Waals surface area (Å²) in [6.45, 7) is 1.62. The molecule has 1 atom stereocenters. The fraction of sp³-hybridized carbons (Fsp3) is 0.300. The zero-order valence-corrected chi connectivity index (χ0v) is 9.49. The SMILES string of the molecule is Cc1ccc(C(=O)OCCS(=O)O)c(O)c1. The van der Waals surface area contributed by atoms with Gasteiger partial charge < -0.3 is 14.4 Å². The topological polar surface area (TPSA) is 83.8 Å². The number of benzene rings is 1.